The number of ether oxygens (including phenoxy) is 1. The fraction of sp³-hybridized carbons (Fsp3) is 0.296. The van der Waals surface area contributed by atoms with Gasteiger partial charge in [-0.1, -0.05) is 30.1 Å². The van der Waals surface area contributed by atoms with E-state index in [0.29, 0.717) is 17.2 Å². The van der Waals surface area contributed by atoms with Crippen LogP contribution in [0.5, 0.6) is 5.75 Å². The third-order valence-electron chi connectivity index (χ3n) is 6.95. The number of ketones is 1. The average Bonchev–Trinajstić information content (AvgIpc) is 3.26. The Morgan fingerprint density at radius 1 is 1.11 bits per heavy atom. The summed E-state index contributed by atoms with van der Waals surface area (Å²) in [4.78, 5) is 19.8. The molecule has 4 heterocycles. The number of anilines is 1. The Kier molecular flexibility index (Phi) is 6.62. The first-order chi connectivity index (χ1) is 17.3. The molecule has 6 nitrogen and oxygen atoms in total. The van der Waals surface area contributed by atoms with Crippen molar-refractivity contribution in [2.75, 3.05) is 25.1 Å². The Morgan fingerprint density at radius 2 is 1.89 bits per heavy atom. The van der Waals surface area contributed by atoms with Gasteiger partial charge in [-0.25, -0.2) is 13.9 Å². The molecule has 1 aromatic carbocycles. The lowest BCUT2D eigenvalue weighted by Crippen LogP contribution is -2.40. The predicted octanol–water partition coefficient (Wildman–Crippen LogP) is 6.73. The number of hydrogen-bond donors (Lipinski definition) is 0. The first-order valence-electron chi connectivity index (χ1n) is 11.7. The Morgan fingerprint density at radius 3 is 2.58 bits per heavy atom. The zero-order chi connectivity index (χ0) is 25.4. The lowest BCUT2D eigenvalue weighted by atomic mass is 9.75. The van der Waals surface area contributed by atoms with Gasteiger partial charge in [0.15, 0.2) is 5.78 Å². The van der Waals surface area contributed by atoms with E-state index in [2.05, 4.69) is 16.9 Å². The fourth-order valence-corrected chi connectivity index (χ4v) is 5.23. The van der Waals surface area contributed by atoms with Crippen LogP contribution in [0.1, 0.15) is 36.5 Å². The molecule has 0 spiro atoms. The third-order valence-corrected chi connectivity index (χ3v) is 7.55. The number of carbonyl (C=O) groups is 1. The molecule has 9 heteroatoms. The van der Waals surface area contributed by atoms with E-state index in [9.17, 15) is 9.18 Å². The molecule has 3 aromatic heterocycles. The predicted molar refractivity (Wildman–Crippen MR) is 140 cm³/mol. The zero-order valence-electron chi connectivity index (χ0n) is 20.0. The van der Waals surface area contributed by atoms with E-state index in [1.807, 2.05) is 24.4 Å². The largest absolute Gasteiger partial charge is 0.495 e. The van der Waals surface area contributed by atoms with Gasteiger partial charge in [0.1, 0.15) is 17.4 Å². The fourth-order valence-electron chi connectivity index (χ4n) is 4.77. The summed E-state index contributed by atoms with van der Waals surface area (Å²) in [5, 5.41) is 5.14. The van der Waals surface area contributed by atoms with Gasteiger partial charge in [0.25, 0.3) is 0 Å². The topological polar surface area (TPSA) is 59.7 Å². The molecule has 186 valence electrons. The number of hydrogen-bond acceptors (Lipinski definition) is 5. The van der Waals surface area contributed by atoms with Gasteiger partial charge in [-0.05, 0) is 54.7 Å². The molecule has 0 amide bonds. The molecule has 0 radical (unpaired) electrons. The van der Waals surface area contributed by atoms with Gasteiger partial charge in [-0.15, -0.1) is 0 Å². The van der Waals surface area contributed by atoms with Crippen molar-refractivity contribution in [3.05, 3.63) is 76.4 Å². The van der Waals surface area contributed by atoms with E-state index in [1.165, 1.54) is 18.2 Å². The van der Waals surface area contributed by atoms with Crippen LogP contribution in [0.4, 0.5) is 10.2 Å². The van der Waals surface area contributed by atoms with Crippen LogP contribution in [-0.2, 0) is 0 Å². The Labute approximate surface area is 218 Å². The van der Waals surface area contributed by atoms with E-state index < -0.39 is 5.82 Å². The highest BCUT2D eigenvalue weighted by molar-refractivity contribution is 6.34. The number of methoxy groups -OCH3 is 1. The monoisotopic (exact) mass is 526 g/mol. The highest BCUT2D eigenvalue weighted by Crippen LogP contribution is 2.38. The number of fused-ring (bicyclic) bond motifs is 1. The number of piperidine rings is 1. The molecule has 0 atom stereocenters. The second-order valence-corrected chi connectivity index (χ2v) is 10.3. The van der Waals surface area contributed by atoms with E-state index >= 15 is 0 Å². The normalized spacial score (nSPS) is 15.3. The van der Waals surface area contributed by atoms with Gasteiger partial charge in [0, 0.05) is 42.4 Å². The number of benzene rings is 1. The molecular weight excluding hydrogens is 502 g/mol. The molecule has 0 N–H and O–H groups in total. The number of nitrogens with zero attached hydrogens (tertiary/aromatic N) is 4. The highest BCUT2D eigenvalue weighted by atomic mass is 35.5. The summed E-state index contributed by atoms with van der Waals surface area (Å²) < 4.78 is 20.8. The molecule has 1 aliphatic rings. The summed E-state index contributed by atoms with van der Waals surface area (Å²) in [5.41, 5.74) is 2.65. The minimum absolute atomic E-state index is 0.124. The summed E-state index contributed by atoms with van der Waals surface area (Å²) in [6, 6.07) is 9.86. The van der Waals surface area contributed by atoms with Crippen LogP contribution in [0.2, 0.25) is 10.0 Å². The highest BCUT2D eigenvalue weighted by Gasteiger charge is 2.33. The SMILES string of the molecule is COc1cc(-c2ccc(N3CCC(C)(CC(=O)c4cc(F)ccc4Cl)CC3)nc2)c2c(Cl)cnn2c1. The van der Waals surface area contributed by atoms with Crippen molar-refractivity contribution < 1.29 is 13.9 Å². The molecule has 1 aliphatic heterocycles. The first kappa shape index (κ1) is 24.5. The summed E-state index contributed by atoms with van der Waals surface area (Å²) in [6.45, 7) is 3.64. The molecule has 1 saturated heterocycles. The van der Waals surface area contributed by atoms with Gasteiger partial charge in [-0.2, -0.15) is 5.10 Å². The van der Waals surface area contributed by atoms with Gasteiger partial charge >= 0.3 is 0 Å². The Bertz CT molecular complexity index is 1430. The lowest BCUT2D eigenvalue weighted by Gasteiger charge is -2.39. The van der Waals surface area contributed by atoms with Crippen LogP contribution in [-0.4, -0.2) is 40.6 Å². The van der Waals surface area contributed by atoms with Crippen LogP contribution < -0.4 is 9.64 Å². The molecule has 5 rings (SSSR count). The lowest BCUT2D eigenvalue weighted by molar-refractivity contribution is 0.0898. The van der Waals surface area contributed by atoms with Crippen molar-refractivity contribution in [3.8, 4) is 16.9 Å². The molecule has 36 heavy (non-hydrogen) atoms. The Hall–Kier alpha value is -3.16. The van der Waals surface area contributed by atoms with Crippen LogP contribution in [0.15, 0.2) is 55.0 Å². The molecule has 1 fully saturated rings. The van der Waals surface area contributed by atoms with Gasteiger partial charge in [0.2, 0.25) is 0 Å². The minimum atomic E-state index is -0.456. The summed E-state index contributed by atoms with van der Waals surface area (Å²) in [7, 11) is 1.61. The quantitative estimate of drug-likeness (QED) is 0.260. The van der Waals surface area contributed by atoms with Gasteiger partial charge in [0.05, 0.1) is 35.1 Å². The third kappa shape index (κ3) is 4.77. The molecule has 0 bridgehead atoms. The van der Waals surface area contributed by atoms with Crippen molar-refractivity contribution >= 4 is 40.3 Å². The van der Waals surface area contributed by atoms with Crippen LogP contribution >= 0.6 is 23.2 Å². The van der Waals surface area contributed by atoms with Crippen molar-refractivity contribution in [2.24, 2.45) is 5.41 Å². The molecule has 0 unspecified atom stereocenters. The van der Waals surface area contributed by atoms with E-state index in [4.69, 9.17) is 32.9 Å². The van der Waals surface area contributed by atoms with Gasteiger partial charge in [-0.3, -0.25) is 4.79 Å². The number of halogens is 3. The summed E-state index contributed by atoms with van der Waals surface area (Å²) in [5.74, 6) is 0.966. The molecule has 0 saturated carbocycles. The second-order valence-electron chi connectivity index (χ2n) is 9.51. The number of aromatic nitrogens is 3. The van der Waals surface area contributed by atoms with Gasteiger partial charge < -0.3 is 9.64 Å². The number of carbonyl (C=O) groups excluding carboxylic acids is 1. The average molecular weight is 527 g/mol. The summed E-state index contributed by atoms with van der Waals surface area (Å²) in [6.07, 6.45) is 7.18. The van der Waals surface area contributed by atoms with Crippen LogP contribution in [0.3, 0.4) is 0 Å². The van der Waals surface area contributed by atoms with Crippen molar-refractivity contribution in [2.45, 2.75) is 26.2 Å². The van der Waals surface area contributed by atoms with Crippen molar-refractivity contribution in [1.82, 2.24) is 14.6 Å². The van der Waals surface area contributed by atoms with Crippen molar-refractivity contribution in [3.63, 3.8) is 0 Å². The summed E-state index contributed by atoms with van der Waals surface area (Å²) >= 11 is 12.5. The maximum Gasteiger partial charge on any atom is 0.165 e. The van der Waals surface area contributed by atoms with E-state index in [1.54, 1.807) is 24.0 Å². The first-order valence-corrected chi connectivity index (χ1v) is 12.4. The number of pyridine rings is 2. The zero-order valence-corrected chi connectivity index (χ0v) is 21.5. The van der Waals surface area contributed by atoms with E-state index in [0.717, 1.165) is 48.4 Å². The Balaban J connectivity index is 1.29. The maximum atomic E-state index is 13.6. The minimum Gasteiger partial charge on any atom is -0.495 e. The van der Waals surface area contributed by atoms with E-state index in [-0.39, 0.29) is 21.8 Å². The number of Topliss-reactive ketones (excluding diaryl/α,β-unsaturated/α-hetero) is 1. The standard InChI is InChI=1S/C27H25Cl2FN4O2/c1-27(13-24(35)21-11-18(30)4-5-22(21)28)7-9-33(10-8-27)25-6-3-17(14-31-25)20-12-19(36-2)16-34-26(20)23(29)15-32-34/h3-6,11-12,14-16H,7-10,13H2,1-2H3. The molecule has 0 aliphatic carbocycles. The molecular formula is C27H25Cl2FN4O2. The van der Waals surface area contributed by atoms with Crippen LogP contribution in [0, 0.1) is 11.2 Å². The smallest absolute Gasteiger partial charge is 0.165 e. The van der Waals surface area contributed by atoms with Crippen LogP contribution in [0.25, 0.3) is 16.6 Å². The second kappa shape index (κ2) is 9.71. The number of rotatable bonds is 6. The maximum absolute atomic E-state index is 13.6. The van der Waals surface area contributed by atoms with Crippen molar-refractivity contribution in [1.29, 1.82) is 0 Å². The molecule has 4 aromatic rings.